The van der Waals surface area contributed by atoms with Gasteiger partial charge in [-0.05, 0) is 94.5 Å². The molecule has 1 atom stereocenters. The molecule has 3 aromatic rings. The van der Waals surface area contributed by atoms with Crippen molar-refractivity contribution in [3.63, 3.8) is 0 Å². The summed E-state index contributed by atoms with van der Waals surface area (Å²) in [4.78, 5) is 8.69. The summed E-state index contributed by atoms with van der Waals surface area (Å²) in [7, 11) is -2.58. The molecule has 0 radical (unpaired) electrons. The monoisotopic (exact) mass is 604 g/mol. The summed E-state index contributed by atoms with van der Waals surface area (Å²) in [6, 6.07) is 13.1. The average molecular weight is 605 g/mol. The number of hydrazine groups is 1. The van der Waals surface area contributed by atoms with Gasteiger partial charge in [0.05, 0.1) is 17.6 Å². The van der Waals surface area contributed by atoms with E-state index in [0.717, 1.165) is 44.1 Å². The lowest BCUT2D eigenvalue weighted by Crippen LogP contribution is -2.60. The molecule has 2 aliphatic rings. The van der Waals surface area contributed by atoms with E-state index >= 15 is 0 Å². The van der Waals surface area contributed by atoms with Crippen LogP contribution in [0.2, 0.25) is 5.02 Å². The van der Waals surface area contributed by atoms with Crippen LogP contribution in [0, 0.1) is 0 Å². The second-order valence-electron chi connectivity index (χ2n) is 11.4. The summed E-state index contributed by atoms with van der Waals surface area (Å²) in [6.45, 7) is 2.56. The molecule has 1 aliphatic heterocycles. The Balaban J connectivity index is 1.34. The summed E-state index contributed by atoms with van der Waals surface area (Å²) in [5.41, 5.74) is 8.93. The second-order valence-corrected chi connectivity index (χ2v) is 15.0. The normalized spacial score (nSPS) is 23.0. The fraction of sp³-hybridized carbons (Fsp3) is 0.448. The lowest BCUT2D eigenvalue weighted by molar-refractivity contribution is -0.0494. The average Bonchev–Trinajstić information content (AvgIpc) is 2.93. The van der Waals surface area contributed by atoms with Crippen LogP contribution >= 0.6 is 18.7 Å². The summed E-state index contributed by atoms with van der Waals surface area (Å²) in [6.07, 6.45) is 7.65. The van der Waals surface area contributed by atoms with Crippen molar-refractivity contribution in [3.8, 4) is 5.75 Å². The van der Waals surface area contributed by atoms with E-state index in [0.29, 0.717) is 22.7 Å². The molecule has 4 N–H and O–H groups in total. The molecule has 2 heterocycles. The summed E-state index contributed by atoms with van der Waals surface area (Å²) in [5, 5.41) is 7.06. The minimum absolute atomic E-state index is 0.0281. The zero-order chi connectivity index (χ0) is 29.2. The third kappa shape index (κ3) is 7.17. The lowest BCUT2D eigenvalue weighted by Gasteiger charge is -2.45. The Morgan fingerprint density at radius 3 is 2.49 bits per heavy atom. The predicted molar refractivity (Wildman–Crippen MR) is 161 cm³/mol. The molecule has 41 heavy (non-hydrogen) atoms. The molecule has 2 fully saturated rings. The standard InChI is InChI=1S/C29H36ClF2N6O2P/c1-18-10-13-29(38-37-18)14-11-19(12-15-29)20-8-9-22(24(16-20)40-27(31)32)35-28-33-17-21(30)26(36-28)34-23-6-4-5-7-25(23)41(2,3)39/h4-9,16-19,27,37-38H,10-15H2,1-3H3,(H2,33,34,35,36). The molecule has 1 aliphatic carbocycles. The number of aromatic nitrogens is 2. The number of alkyl halides is 2. The largest absolute Gasteiger partial charge is 0.433 e. The van der Waals surface area contributed by atoms with Gasteiger partial charge in [-0.2, -0.15) is 13.8 Å². The smallest absolute Gasteiger partial charge is 0.387 e. The topological polar surface area (TPSA) is 100 Å². The first-order valence-electron chi connectivity index (χ1n) is 13.8. The first-order chi connectivity index (χ1) is 19.5. The van der Waals surface area contributed by atoms with E-state index in [4.69, 9.17) is 16.3 Å². The zero-order valence-electron chi connectivity index (χ0n) is 23.4. The summed E-state index contributed by atoms with van der Waals surface area (Å²) >= 11 is 6.37. The van der Waals surface area contributed by atoms with Gasteiger partial charge in [-0.25, -0.2) is 4.98 Å². The van der Waals surface area contributed by atoms with Crippen LogP contribution in [0.3, 0.4) is 0 Å². The van der Waals surface area contributed by atoms with Crippen LogP contribution in [0.25, 0.3) is 0 Å². The minimum Gasteiger partial charge on any atom is -0.433 e. The number of ether oxygens (including phenoxy) is 1. The number of para-hydroxylation sites is 1. The quantitative estimate of drug-likeness (QED) is 0.201. The van der Waals surface area contributed by atoms with Crippen LogP contribution < -0.4 is 31.5 Å². The highest BCUT2D eigenvalue weighted by molar-refractivity contribution is 7.70. The Morgan fingerprint density at radius 1 is 1.07 bits per heavy atom. The Morgan fingerprint density at radius 2 is 1.80 bits per heavy atom. The van der Waals surface area contributed by atoms with Crippen LogP contribution in [0.1, 0.15) is 56.9 Å². The molecule has 12 heteroatoms. The Kier molecular flexibility index (Phi) is 8.85. The maximum absolute atomic E-state index is 13.4. The van der Waals surface area contributed by atoms with Gasteiger partial charge >= 0.3 is 6.61 Å². The van der Waals surface area contributed by atoms with E-state index in [2.05, 4.69) is 38.4 Å². The van der Waals surface area contributed by atoms with Crippen LogP contribution in [-0.2, 0) is 4.57 Å². The highest BCUT2D eigenvalue weighted by Crippen LogP contribution is 2.43. The van der Waals surface area contributed by atoms with Gasteiger partial charge in [-0.15, -0.1) is 0 Å². The molecule has 1 unspecified atom stereocenters. The molecular weight excluding hydrogens is 569 g/mol. The van der Waals surface area contributed by atoms with E-state index in [1.165, 1.54) is 6.20 Å². The van der Waals surface area contributed by atoms with Crippen LogP contribution in [0.5, 0.6) is 5.75 Å². The molecule has 1 saturated heterocycles. The van der Waals surface area contributed by atoms with Crippen molar-refractivity contribution >= 4 is 47.2 Å². The Labute approximate surface area is 244 Å². The molecule has 220 valence electrons. The molecule has 1 spiro atoms. The zero-order valence-corrected chi connectivity index (χ0v) is 25.0. The fourth-order valence-corrected chi connectivity index (χ4v) is 6.98. The van der Waals surface area contributed by atoms with Crippen molar-refractivity contribution in [3.05, 3.63) is 59.2 Å². The van der Waals surface area contributed by atoms with Gasteiger partial charge in [-0.1, -0.05) is 29.8 Å². The van der Waals surface area contributed by atoms with Gasteiger partial charge in [0.25, 0.3) is 0 Å². The maximum Gasteiger partial charge on any atom is 0.387 e. The fourth-order valence-electron chi connectivity index (χ4n) is 5.68. The van der Waals surface area contributed by atoms with Gasteiger partial charge in [0.1, 0.15) is 17.9 Å². The second kappa shape index (κ2) is 12.2. The van der Waals surface area contributed by atoms with Crippen molar-refractivity contribution < 1.29 is 18.1 Å². The first kappa shape index (κ1) is 29.7. The highest BCUT2D eigenvalue weighted by Gasteiger charge is 2.38. The van der Waals surface area contributed by atoms with Crippen molar-refractivity contribution in [2.24, 2.45) is 0 Å². The lowest BCUT2D eigenvalue weighted by atomic mass is 9.71. The van der Waals surface area contributed by atoms with Gasteiger partial charge in [0.2, 0.25) is 5.95 Å². The van der Waals surface area contributed by atoms with E-state index in [9.17, 15) is 13.3 Å². The van der Waals surface area contributed by atoms with E-state index < -0.39 is 13.8 Å². The molecule has 1 saturated carbocycles. The van der Waals surface area contributed by atoms with Crippen LogP contribution in [0.4, 0.5) is 31.9 Å². The summed E-state index contributed by atoms with van der Waals surface area (Å²) < 4.78 is 44.6. The van der Waals surface area contributed by atoms with Gasteiger partial charge in [0, 0.05) is 16.9 Å². The van der Waals surface area contributed by atoms with Gasteiger partial charge in [0.15, 0.2) is 5.82 Å². The molecule has 8 nitrogen and oxygen atoms in total. The van der Waals surface area contributed by atoms with Gasteiger partial charge in [-0.3, -0.25) is 10.9 Å². The van der Waals surface area contributed by atoms with Gasteiger partial charge < -0.3 is 19.9 Å². The molecule has 2 aromatic carbocycles. The predicted octanol–water partition coefficient (Wildman–Crippen LogP) is 7.14. The van der Waals surface area contributed by atoms with Crippen molar-refractivity contribution in [2.75, 3.05) is 24.0 Å². The maximum atomic E-state index is 13.4. The van der Waals surface area contributed by atoms with Crippen LogP contribution in [-0.4, -0.2) is 41.5 Å². The third-order valence-corrected chi connectivity index (χ3v) is 9.83. The molecular formula is C29H36ClF2N6O2P. The number of hydrogen-bond acceptors (Lipinski definition) is 8. The van der Waals surface area contributed by atoms with Crippen LogP contribution in [0.15, 0.2) is 48.7 Å². The third-order valence-electron chi connectivity index (χ3n) is 8.00. The molecule has 0 amide bonds. The molecule has 1 aromatic heterocycles. The Bertz CT molecular complexity index is 1420. The first-order valence-corrected chi connectivity index (χ1v) is 16.8. The number of rotatable bonds is 8. The van der Waals surface area contributed by atoms with E-state index in [-0.39, 0.29) is 34.0 Å². The number of anilines is 4. The summed E-state index contributed by atoms with van der Waals surface area (Å²) in [5.74, 6) is 0.712. The van der Waals surface area contributed by atoms with Crippen molar-refractivity contribution in [1.82, 2.24) is 20.8 Å². The van der Waals surface area contributed by atoms with E-state index in [1.54, 1.807) is 37.6 Å². The van der Waals surface area contributed by atoms with Crippen molar-refractivity contribution in [1.29, 1.82) is 0 Å². The number of hydrogen-bond donors (Lipinski definition) is 4. The van der Waals surface area contributed by atoms with E-state index in [1.807, 2.05) is 18.2 Å². The minimum atomic E-state index is -2.99. The van der Waals surface area contributed by atoms with Crippen molar-refractivity contribution in [2.45, 2.75) is 69.6 Å². The number of nitrogens with one attached hydrogen (secondary N) is 4. The SMILES string of the molecule is CC1CCC2(CCC(c3ccc(Nc4ncc(Cl)c(Nc5ccccc5P(C)(C)=O)n4)c(OC(F)F)c3)CC2)NN1. The highest BCUT2D eigenvalue weighted by atomic mass is 35.5. The number of benzene rings is 2. The molecule has 5 rings (SSSR count). The number of halogens is 3. The molecule has 0 bridgehead atoms. The Hall–Kier alpha value is -2.78. The number of nitrogens with zero attached hydrogens (tertiary/aromatic N) is 2.